The summed E-state index contributed by atoms with van der Waals surface area (Å²) in [5.41, 5.74) is 6.47. The SMILES string of the molecule is CC(NC(=O)Cn1ncc(N)n1)c1ccccc1. The Labute approximate surface area is 105 Å². The number of carbonyl (C=O) groups is 1. The van der Waals surface area contributed by atoms with Crippen molar-refractivity contribution in [2.45, 2.75) is 19.5 Å². The highest BCUT2D eigenvalue weighted by molar-refractivity contribution is 5.76. The van der Waals surface area contributed by atoms with Crippen LogP contribution in [0.3, 0.4) is 0 Å². The van der Waals surface area contributed by atoms with Gasteiger partial charge in [-0.15, -0.1) is 5.10 Å². The van der Waals surface area contributed by atoms with Crippen LogP contribution in [0.4, 0.5) is 5.82 Å². The van der Waals surface area contributed by atoms with Gasteiger partial charge in [-0.05, 0) is 12.5 Å². The number of nitrogens with one attached hydrogen (secondary N) is 1. The normalized spacial score (nSPS) is 12.1. The monoisotopic (exact) mass is 245 g/mol. The molecular weight excluding hydrogens is 230 g/mol. The zero-order chi connectivity index (χ0) is 13.0. The van der Waals surface area contributed by atoms with E-state index >= 15 is 0 Å². The molecule has 0 fully saturated rings. The van der Waals surface area contributed by atoms with Gasteiger partial charge in [-0.2, -0.15) is 9.90 Å². The maximum atomic E-state index is 11.8. The van der Waals surface area contributed by atoms with Gasteiger partial charge in [0, 0.05) is 0 Å². The molecule has 1 aromatic heterocycles. The molecule has 1 atom stereocenters. The highest BCUT2D eigenvalue weighted by Crippen LogP contribution is 2.10. The second-order valence-electron chi connectivity index (χ2n) is 4.00. The van der Waals surface area contributed by atoms with Gasteiger partial charge in [-0.3, -0.25) is 4.79 Å². The van der Waals surface area contributed by atoms with Crippen LogP contribution in [-0.4, -0.2) is 20.9 Å². The number of hydrogen-bond donors (Lipinski definition) is 2. The molecule has 1 unspecified atom stereocenters. The van der Waals surface area contributed by atoms with E-state index in [-0.39, 0.29) is 18.5 Å². The third-order valence-electron chi connectivity index (χ3n) is 2.52. The molecule has 1 heterocycles. The number of benzene rings is 1. The Morgan fingerprint density at radius 2 is 2.17 bits per heavy atom. The van der Waals surface area contributed by atoms with Crippen LogP contribution in [0, 0.1) is 0 Å². The van der Waals surface area contributed by atoms with E-state index in [9.17, 15) is 4.79 Å². The van der Waals surface area contributed by atoms with Crippen molar-refractivity contribution in [2.75, 3.05) is 5.73 Å². The summed E-state index contributed by atoms with van der Waals surface area (Å²) >= 11 is 0. The molecule has 0 bridgehead atoms. The van der Waals surface area contributed by atoms with Crippen molar-refractivity contribution >= 4 is 11.7 Å². The lowest BCUT2D eigenvalue weighted by atomic mass is 10.1. The Balaban J connectivity index is 1.92. The molecule has 0 saturated carbocycles. The largest absolute Gasteiger partial charge is 0.381 e. The van der Waals surface area contributed by atoms with Crippen LogP contribution in [0.25, 0.3) is 0 Å². The smallest absolute Gasteiger partial charge is 0.244 e. The molecule has 6 nitrogen and oxygen atoms in total. The third-order valence-corrected chi connectivity index (χ3v) is 2.52. The molecule has 0 spiro atoms. The van der Waals surface area contributed by atoms with Crippen molar-refractivity contribution in [1.82, 2.24) is 20.3 Å². The summed E-state index contributed by atoms with van der Waals surface area (Å²) in [6, 6.07) is 9.70. The topological polar surface area (TPSA) is 85.8 Å². The minimum absolute atomic E-state index is 0.0494. The quantitative estimate of drug-likeness (QED) is 0.831. The fourth-order valence-corrected chi connectivity index (χ4v) is 1.63. The van der Waals surface area contributed by atoms with E-state index in [1.165, 1.54) is 11.0 Å². The van der Waals surface area contributed by atoms with Crippen LogP contribution in [0.2, 0.25) is 0 Å². The Morgan fingerprint density at radius 1 is 1.44 bits per heavy atom. The third kappa shape index (κ3) is 3.07. The number of amides is 1. The van der Waals surface area contributed by atoms with Gasteiger partial charge in [-0.1, -0.05) is 30.3 Å². The number of nitrogens with zero attached hydrogens (tertiary/aromatic N) is 3. The van der Waals surface area contributed by atoms with Crippen LogP contribution in [0.1, 0.15) is 18.5 Å². The molecule has 0 aliphatic rings. The summed E-state index contributed by atoms with van der Waals surface area (Å²) in [6.45, 7) is 1.99. The van der Waals surface area contributed by atoms with Crippen LogP contribution < -0.4 is 11.1 Å². The van der Waals surface area contributed by atoms with Gasteiger partial charge >= 0.3 is 0 Å². The van der Waals surface area contributed by atoms with Gasteiger partial charge in [0.05, 0.1) is 12.2 Å². The van der Waals surface area contributed by atoms with Gasteiger partial charge in [0.15, 0.2) is 5.82 Å². The second-order valence-corrected chi connectivity index (χ2v) is 4.00. The minimum atomic E-state index is -0.151. The van der Waals surface area contributed by atoms with Gasteiger partial charge < -0.3 is 11.1 Å². The average Bonchev–Trinajstić information content (AvgIpc) is 2.75. The van der Waals surface area contributed by atoms with Gasteiger partial charge in [0.1, 0.15) is 6.54 Å². The maximum absolute atomic E-state index is 11.8. The standard InChI is InChI=1S/C12H15N5O/c1-9(10-5-3-2-4-6-10)15-12(18)8-17-14-7-11(13)16-17/h2-7,9H,8H2,1H3,(H2,13,16)(H,15,18). The predicted molar refractivity (Wildman–Crippen MR) is 67.4 cm³/mol. The highest BCUT2D eigenvalue weighted by Gasteiger charge is 2.10. The van der Waals surface area contributed by atoms with E-state index in [0.29, 0.717) is 5.82 Å². The first-order valence-electron chi connectivity index (χ1n) is 5.65. The predicted octanol–water partition coefficient (Wildman–Crippen LogP) is 0.738. The molecule has 2 aromatic rings. The van der Waals surface area contributed by atoms with Crippen molar-refractivity contribution in [2.24, 2.45) is 0 Å². The summed E-state index contributed by atoms with van der Waals surface area (Å²) < 4.78 is 0. The lowest BCUT2D eigenvalue weighted by Crippen LogP contribution is -2.30. The fourth-order valence-electron chi connectivity index (χ4n) is 1.63. The summed E-state index contributed by atoms with van der Waals surface area (Å²) in [5, 5.41) is 10.6. The highest BCUT2D eigenvalue weighted by atomic mass is 16.2. The van der Waals surface area contributed by atoms with Crippen LogP contribution in [-0.2, 0) is 11.3 Å². The van der Waals surface area contributed by atoms with E-state index in [1.54, 1.807) is 0 Å². The molecular formula is C12H15N5O. The number of nitrogens with two attached hydrogens (primary N) is 1. The van der Waals surface area contributed by atoms with Crippen LogP contribution >= 0.6 is 0 Å². The molecule has 1 aromatic carbocycles. The number of carbonyl (C=O) groups excluding carboxylic acids is 1. The first-order chi connectivity index (χ1) is 8.65. The number of aromatic nitrogens is 3. The van der Waals surface area contributed by atoms with E-state index in [1.807, 2.05) is 37.3 Å². The second kappa shape index (κ2) is 5.31. The molecule has 0 radical (unpaired) electrons. The molecule has 0 aliphatic carbocycles. The molecule has 94 valence electrons. The number of rotatable bonds is 4. The van der Waals surface area contributed by atoms with Crippen molar-refractivity contribution in [3.63, 3.8) is 0 Å². The maximum Gasteiger partial charge on any atom is 0.244 e. The van der Waals surface area contributed by atoms with Gasteiger partial charge in [0.2, 0.25) is 5.91 Å². The molecule has 6 heteroatoms. The first kappa shape index (κ1) is 12.1. The lowest BCUT2D eigenvalue weighted by molar-refractivity contribution is -0.122. The first-order valence-corrected chi connectivity index (χ1v) is 5.65. The van der Waals surface area contributed by atoms with Crippen molar-refractivity contribution in [1.29, 1.82) is 0 Å². The fraction of sp³-hybridized carbons (Fsp3) is 0.250. The Hall–Kier alpha value is -2.37. The van der Waals surface area contributed by atoms with E-state index in [0.717, 1.165) is 5.56 Å². The molecule has 3 N–H and O–H groups in total. The Morgan fingerprint density at radius 3 is 2.78 bits per heavy atom. The molecule has 2 rings (SSSR count). The van der Waals surface area contributed by atoms with Crippen molar-refractivity contribution in [3.05, 3.63) is 42.1 Å². The molecule has 0 aliphatic heterocycles. The zero-order valence-electron chi connectivity index (χ0n) is 10.1. The van der Waals surface area contributed by atoms with E-state index < -0.39 is 0 Å². The molecule has 0 saturated heterocycles. The average molecular weight is 245 g/mol. The van der Waals surface area contributed by atoms with Crippen LogP contribution in [0.15, 0.2) is 36.5 Å². The number of anilines is 1. The molecule has 18 heavy (non-hydrogen) atoms. The number of nitrogen functional groups attached to an aromatic ring is 1. The summed E-state index contributed by atoms with van der Waals surface area (Å²) in [5.74, 6) is 0.154. The Bertz CT molecular complexity index is 522. The van der Waals surface area contributed by atoms with E-state index in [4.69, 9.17) is 5.73 Å². The van der Waals surface area contributed by atoms with Crippen molar-refractivity contribution < 1.29 is 4.79 Å². The van der Waals surface area contributed by atoms with Crippen molar-refractivity contribution in [3.8, 4) is 0 Å². The molecule has 1 amide bonds. The number of hydrogen-bond acceptors (Lipinski definition) is 4. The van der Waals surface area contributed by atoms with E-state index in [2.05, 4.69) is 15.5 Å². The summed E-state index contributed by atoms with van der Waals surface area (Å²) in [7, 11) is 0. The summed E-state index contributed by atoms with van der Waals surface area (Å²) in [4.78, 5) is 13.0. The van der Waals surface area contributed by atoms with Gasteiger partial charge in [0.25, 0.3) is 0 Å². The summed E-state index contributed by atoms with van der Waals surface area (Å²) in [6.07, 6.45) is 1.41. The van der Waals surface area contributed by atoms with Crippen LogP contribution in [0.5, 0.6) is 0 Å². The lowest BCUT2D eigenvalue weighted by Gasteiger charge is -2.13. The minimum Gasteiger partial charge on any atom is -0.381 e. The zero-order valence-corrected chi connectivity index (χ0v) is 10.1. The Kier molecular flexibility index (Phi) is 3.57. The van der Waals surface area contributed by atoms with Gasteiger partial charge in [-0.25, -0.2) is 0 Å².